The van der Waals surface area contributed by atoms with E-state index in [4.69, 9.17) is 4.42 Å². The number of benzene rings is 8. The maximum Gasteiger partial charge on any atom is 0.159 e. The molecule has 0 unspecified atom stereocenters. The molecule has 0 saturated carbocycles. The molecular weight excluding hydrogens is 663 g/mol. The first-order valence-electron chi connectivity index (χ1n) is 18.2. The predicted molar refractivity (Wildman–Crippen MR) is 224 cm³/mol. The summed E-state index contributed by atoms with van der Waals surface area (Å²) < 4.78 is 9.48. The summed E-state index contributed by atoms with van der Waals surface area (Å²) >= 11 is 1.84. The van der Waals surface area contributed by atoms with Gasteiger partial charge in [-0.2, -0.15) is 0 Å². The molecule has 3 heteroatoms. The minimum absolute atomic E-state index is 0.287. The molecule has 0 aliphatic heterocycles. The quantitative estimate of drug-likeness (QED) is 0.178. The molecule has 2 aromatic heterocycles. The lowest BCUT2D eigenvalue weighted by molar-refractivity contribution is 0.667. The third kappa shape index (κ3) is 4.44. The molecule has 1 aliphatic carbocycles. The Morgan fingerprint density at radius 2 is 1.11 bits per heavy atom. The summed E-state index contributed by atoms with van der Waals surface area (Å²) in [5.74, 6) is 0. The van der Waals surface area contributed by atoms with Gasteiger partial charge >= 0.3 is 0 Å². The van der Waals surface area contributed by atoms with Gasteiger partial charge in [-0.15, -0.1) is 11.3 Å². The zero-order chi connectivity index (χ0) is 35.1. The molecule has 53 heavy (non-hydrogen) atoms. The molecule has 1 aliphatic rings. The van der Waals surface area contributed by atoms with Gasteiger partial charge < -0.3 is 9.32 Å². The van der Waals surface area contributed by atoms with Crippen molar-refractivity contribution in [3.05, 3.63) is 199 Å². The van der Waals surface area contributed by atoms with Crippen LogP contribution in [0.3, 0.4) is 0 Å². The Bertz CT molecular complexity index is 2980. The van der Waals surface area contributed by atoms with Crippen LogP contribution >= 0.6 is 11.3 Å². The number of rotatable bonds is 5. The number of nitrogens with zero attached hydrogens (tertiary/aromatic N) is 1. The first kappa shape index (κ1) is 30.2. The first-order chi connectivity index (χ1) is 26.2. The van der Waals surface area contributed by atoms with Gasteiger partial charge in [0, 0.05) is 42.0 Å². The molecule has 0 atom stereocenters. The Kier molecular flexibility index (Phi) is 6.58. The van der Waals surface area contributed by atoms with Gasteiger partial charge in [0.2, 0.25) is 0 Å². The van der Waals surface area contributed by atoms with E-state index in [-0.39, 0.29) is 5.41 Å². The number of hydrogen-bond acceptors (Lipinski definition) is 3. The van der Waals surface area contributed by atoms with Crippen molar-refractivity contribution in [1.29, 1.82) is 0 Å². The molecule has 0 saturated heterocycles. The Balaban J connectivity index is 1.14. The fourth-order valence-corrected chi connectivity index (χ4v) is 9.95. The van der Waals surface area contributed by atoms with Crippen LogP contribution in [-0.2, 0) is 5.41 Å². The van der Waals surface area contributed by atoms with E-state index in [1.165, 1.54) is 59.1 Å². The van der Waals surface area contributed by atoms with E-state index in [2.05, 4.69) is 194 Å². The summed E-state index contributed by atoms with van der Waals surface area (Å²) in [5.41, 5.74) is 13.7. The fraction of sp³-hybridized carbons (Fsp3) is 0.0400. The van der Waals surface area contributed by atoms with E-state index in [1.807, 2.05) is 11.3 Å². The van der Waals surface area contributed by atoms with Gasteiger partial charge in [-0.3, -0.25) is 0 Å². The second-order valence-corrected chi connectivity index (χ2v) is 15.3. The highest BCUT2D eigenvalue weighted by Crippen LogP contribution is 2.53. The van der Waals surface area contributed by atoms with E-state index in [0.29, 0.717) is 0 Å². The number of anilines is 3. The summed E-state index contributed by atoms with van der Waals surface area (Å²) in [6, 6.07) is 66.1. The van der Waals surface area contributed by atoms with E-state index in [9.17, 15) is 0 Å². The number of hydrogen-bond donors (Lipinski definition) is 0. The topological polar surface area (TPSA) is 16.4 Å². The zero-order valence-corrected chi connectivity index (χ0v) is 29.9. The molecule has 8 aromatic carbocycles. The Morgan fingerprint density at radius 3 is 1.91 bits per heavy atom. The predicted octanol–water partition coefficient (Wildman–Crippen LogP) is 14.4. The summed E-state index contributed by atoms with van der Waals surface area (Å²) in [6.07, 6.45) is 0. The molecular formula is C50H33NOS. The van der Waals surface area contributed by atoms with Crippen molar-refractivity contribution < 1.29 is 4.42 Å². The van der Waals surface area contributed by atoms with Crippen molar-refractivity contribution in [2.75, 3.05) is 4.90 Å². The average molecular weight is 696 g/mol. The van der Waals surface area contributed by atoms with Gasteiger partial charge in [0.15, 0.2) is 5.58 Å². The van der Waals surface area contributed by atoms with Crippen LogP contribution in [0.15, 0.2) is 186 Å². The maximum absolute atomic E-state index is 6.93. The van der Waals surface area contributed by atoms with Crippen molar-refractivity contribution in [1.82, 2.24) is 0 Å². The van der Waals surface area contributed by atoms with E-state index in [1.54, 1.807) is 0 Å². The van der Waals surface area contributed by atoms with Crippen LogP contribution in [0.2, 0.25) is 0 Å². The summed E-state index contributed by atoms with van der Waals surface area (Å²) in [6.45, 7) is 2.37. The molecule has 11 rings (SSSR count). The van der Waals surface area contributed by atoms with E-state index >= 15 is 0 Å². The van der Waals surface area contributed by atoms with Crippen LogP contribution in [0, 0.1) is 0 Å². The van der Waals surface area contributed by atoms with Crippen molar-refractivity contribution in [2.45, 2.75) is 12.3 Å². The van der Waals surface area contributed by atoms with Crippen LogP contribution in [0.25, 0.3) is 64.4 Å². The van der Waals surface area contributed by atoms with Crippen molar-refractivity contribution in [3.8, 4) is 22.3 Å². The van der Waals surface area contributed by atoms with Gasteiger partial charge in [-0.25, -0.2) is 0 Å². The molecule has 0 radical (unpaired) electrons. The SMILES string of the molecule is CC1(c2ccc3oc4c(N(c5ccc(-c6ccccc6)cc5)c5cccc6sc7ccccc7c56)cccc4c3c2)c2ccccc2-c2ccccc21. The lowest BCUT2D eigenvalue weighted by Crippen LogP contribution is -2.22. The second kappa shape index (κ2) is 11.5. The number of para-hydroxylation sites is 1. The van der Waals surface area contributed by atoms with Gasteiger partial charge in [0.1, 0.15) is 5.58 Å². The molecule has 10 aromatic rings. The third-order valence-electron chi connectivity index (χ3n) is 11.4. The van der Waals surface area contributed by atoms with Gasteiger partial charge in [0.25, 0.3) is 0 Å². The first-order valence-corrected chi connectivity index (χ1v) is 19.0. The molecule has 0 spiro atoms. The molecule has 0 bridgehead atoms. The van der Waals surface area contributed by atoms with Crippen LogP contribution < -0.4 is 4.90 Å². The normalized spacial score (nSPS) is 13.2. The lowest BCUT2D eigenvalue weighted by atomic mass is 9.74. The molecule has 2 nitrogen and oxygen atoms in total. The Labute approximate surface area is 311 Å². The minimum Gasteiger partial charge on any atom is -0.454 e. The van der Waals surface area contributed by atoms with Crippen LogP contribution in [0.4, 0.5) is 17.1 Å². The second-order valence-electron chi connectivity index (χ2n) is 14.2. The van der Waals surface area contributed by atoms with E-state index in [0.717, 1.165) is 39.0 Å². The summed E-state index contributed by atoms with van der Waals surface area (Å²) in [7, 11) is 0. The fourth-order valence-electron chi connectivity index (χ4n) is 8.82. The summed E-state index contributed by atoms with van der Waals surface area (Å²) in [5, 5.41) is 4.75. The number of thiophene rings is 1. The highest BCUT2D eigenvalue weighted by molar-refractivity contribution is 7.26. The minimum atomic E-state index is -0.287. The van der Waals surface area contributed by atoms with Crippen LogP contribution in [0.5, 0.6) is 0 Å². The lowest BCUT2D eigenvalue weighted by Gasteiger charge is -2.28. The third-order valence-corrected chi connectivity index (χ3v) is 12.5. The molecule has 0 fully saturated rings. The molecule has 0 N–H and O–H groups in total. The van der Waals surface area contributed by atoms with Gasteiger partial charge in [-0.1, -0.05) is 133 Å². The largest absolute Gasteiger partial charge is 0.454 e. The number of furan rings is 1. The smallest absolute Gasteiger partial charge is 0.159 e. The van der Waals surface area contributed by atoms with Crippen molar-refractivity contribution >= 4 is 70.5 Å². The van der Waals surface area contributed by atoms with Crippen molar-refractivity contribution in [2.24, 2.45) is 0 Å². The highest BCUT2D eigenvalue weighted by Gasteiger charge is 2.40. The Morgan fingerprint density at radius 1 is 0.491 bits per heavy atom. The van der Waals surface area contributed by atoms with Crippen LogP contribution in [0.1, 0.15) is 23.6 Å². The summed E-state index contributed by atoms with van der Waals surface area (Å²) in [4.78, 5) is 2.40. The van der Waals surface area contributed by atoms with Gasteiger partial charge in [0.05, 0.1) is 11.4 Å². The highest BCUT2D eigenvalue weighted by atomic mass is 32.1. The Hall–Kier alpha value is -6.42. The molecule has 2 heterocycles. The van der Waals surface area contributed by atoms with Crippen LogP contribution in [-0.4, -0.2) is 0 Å². The van der Waals surface area contributed by atoms with Crippen molar-refractivity contribution in [3.63, 3.8) is 0 Å². The van der Waals surface area contributed by atoms with E-state index < -0.39 is 0 Å². The standard InChI is InChI=1S/C50H33NOS/c1-50(41-19-8-5-15-36(41)37-16-6-9-20-42(37)50)34-27-30-45-40(31-34)38-18-11-22-44(49(38)52-45)51(35-28-25-33(26-29-35)32-13-3-2-4-14-32)43-21-12-24-47-48(43)39-17-7-10-23-46(39)53-47/h2-31H,1H3. The number of fused-ring (bicyclic) bond motifs is 9. The monoisotopic (exact) mass is 695 g/mol. The molecule has 250 valence electrons. The molecule has 0 amide bonds. The maximum atomic E-state index is 6.93. The average Bonchev–Trinajstić information content (AvgIpc) is 3.88. The zero-order valence-electron chi connectivity index (χ0n) is 29.1. The van der Waals surface area contributed by atoms with Gasteiger partial charge in [-0.05, 0) is 94.4 Å².